The number of rotatable bonds is 6. The number of piperidine rings is 1. The lowest BCUT2D eigenvalue weighted by Crippen LogP contribution is -2.43. The monoisotopic (exact) mass is 418 g/mol. The molecule has 1 aliphatic heterocycles. The number of carbonyl (C=O) groups excluding carboxylic acids is 1. The van der Waals surface area contributed by atoms with Crippen molar-refractivity contribution < 1.29 is 4.79 Å². The Labute approximate surface area is 181 Å². The van der Waals surface area contributed by atoms with Gasteiger partial charge in [0.2, 0.25) is 5.91 Å². The first-order valence-electron chi connectivity index (χ1n) is 10.3. The van der Waals surface area contributed by atoms with Gasteiger partial charge in [-0.05, 0) is 49.6 Å². The quantitative estimate of drug-likeness (QED) is 0.640. The maximum atomic E-state index is 12.7. The molecule has 2 aromatic carbocycles. The Morgan fingerprint density at radius 2 is 1.87 bits per heavy atom. The highest BCUT2D eigenvalue weighted by atomic mass is 32.2. The van der Waals surface area contributed by atoms with Gasteiger partial charge in [-0.15, -0.1) is 10.2 Å². The second kappa shape index (κ2) is 9.76. The van der Waals surface area contributed by atoms with Gasteiger partial charge in [0.05, 0.1) is 5.92 Å². The van der Waals surface area contributed by atoms with Gasteiger partial charge in [0, 0.05) is 24.5 Å². The molecule has 0 saturated carbocycles. The first kappa shape index (κ1) is 20.4. The average Bonchev–Trinajstić information content (AvgIpc) is 2.80. The van der Waals surface area contributed by atoms with Crippen molar-refractivity contribution in [3.63, 3.8) is 0 Å². The van der Waals surface area contributed by atoms with E-state index in [4.69, 9.17) is 0 Å². The van der Waals surface area contributed by atoms with Crippen LogP contribution >= 0.6 is 11.8 Å². The Kier molecular flexibility index (Phi) is 6.64. The van der Waals surface area contributed by atoms with Crippen molar-refractivity contribution in [2.45, 2.75) is 36.2 Å². The zero-order chi connectivity index (χ0) is 20.8. The molecule has 4 rings (SSSR count). The molecule has 0 radical (unpaired) electrons. The van der Waals surface area contributed by atoms with Crippen molar-refractivity contribution in [2.75, 3.05) is 18.0 Å². The minimum Gasteiger partial charge on any atom is -0.354 e. The van der Waals surface area contributed by atoms with Crippen LogP contribution < -0.4 is 10.2 Å². The lowest BCUT2D eigenvalue weighted by molar-refractivity contribution is -0.125. The highest BCUT2D eigenvalue weighted by Crippen LogP contribution is 2.27. The third-order valence-electron chi connectivity index (χ3n) is 5.30. The molecule has 0 aliphatic carbocycles. The number of carbonyl (C=O) groups is 1. The molecule has 1 amide bonds. The topological polar surface area (TPSA) is 58.1 Å². The van der Waals surface area contributed by atoms with Crippen molar-refractivity contribution in [2.24, 2.45) is 5.92 Å². The number of anilines is 1. The molecule has 0 spiro atoms. The summed E-state index contributed by atoms with van der Waals surface area (Å²) in [7, 11) is 0. The van der Waals surface area contributed by atoms with Crippen molar-refractivity contribution in [3.05, 3.63) is 77.9 Å². The number of hydrogen-bond donors (Lipinski definition) is 1. The number of benzene rings is 2. The van der Waals surface area contributed by atoms with Crippen LogP contribution in [0.3, 0.4) is 0 Å². The maximum absolute atomic E-state index is 12.7. The molecular weight excluding hydrogens is 392 g/mol. The molecule has 1 saturated heterocycles. The summed E-state index contributed by atoms with van der Waals surface area (Å²) in [6.07, 6.45) is 1.89. The van der Waals surface area contributed by atoms with Gasteiger partial charge in [0.1, 0.15) is 5.03 Å². The highest BCUT2D eigenvalue weighted by molar-refractivity contribution is 7.99. The number of nitrogens with one attached hydrogen (secondary N) is 1. The predicted octanol–water partition coefficient (Wildman–Crippen LogP) is 4.47. The molecule has 30 heavy (non-hydrogen) atoms. The summed E-state index contributed by atoms with van der Waals surface area (Å²) in [5.41, 5.74) is 2.36. The Balaban J connectivity index is 1.33. The molecule has 6 heteroatoms. The number of aromatic nitrogens is 2. The van der Waals surface area contributed by atoms with Crippen LogP contribution in [0.1, 0.15) is 24.0 Å². The van der Waals surface area contributed by atoms with Crippen LogP contribution in [0.25, 0.3) is 0 Å². The molecule has 2 heterocycles. The van der Waals surface area contributed by atoms with Crippen LogP contribution in [-0.2, 0) is 11.3 Å². The van der Waals surface area contributed by atoms with Crippen LogP contribution in [0.2, 0.25) is 0 Å². The second-order valence-electron chi connectivity index (χ2n) is 7.63. The van der Waals surface area contributed by atoms with Gasteiger partial charge in [-0.3, -0.25) is 4.79 Å². The van der Waals surface area contributed by atoms with E-state index in [-0.39, 0.29) is 11.8 Å². The second-order valence-corrected chi connectivity index (χ2v) is 8.73. The molecule has 1 aliphatic rings. The average molecular weight is 419 g/mol. The van der Waals surface area contributed by atoms with E-state index in [0.29, 0.717) is 13.1 Å². The number of nitrogens with zero attached hydrogens (tertiary/aromatic N) is 3. The Bertz CT molecular complexity index is 961. The molecular formula is C24H26N4OS. The van der Waals surface area contributed by atoms with Crippen LogP contribution in [-0.4, -0.2) is 29.2 Å². The fourth-order valence-electron chi connectivity index (χ4n) is 3.59. The normalized spacial score (nSPS) is 16.3. The van der Waals surface area contributed by atoms with Gasteiger partial charge in [0.25, 0.3) is 0 Å². The van der Waals surface area contributed by atoms with Gasteiger partial charge in [-0.1, -0.05) is 59.8 Å². The molecule has 1 unspecified atom stereocenters. The lowest BCUT2D eigenvalue weighted by Gasteiger charge is -2.32. The number of aryl methyl sites for hydroxylation is 1. The summed E-state index contributed by atoms with van der Waals surface area (Å²) < 4.78 is 0. The van der Waals surface area contributed by atoms with E-state index in [0.717, 1.165) is 40.7 Å². The van der Waals surface area contributed by atoms with E-state index in [9.17, 15) is 4.79 Å². The zero-order valence-electron chi connectivity index (χ0n) is 17.1. The molecule has 0 bridgehead atoms. The van der Waals surface area contributed by atoms with Crippen LogP contribution in [0.15, 0.2) is 76.7 Å². The van der Waals surface area contributed by atoms with E-state index >= 15 is 0 Å². The van der Waals surface area contributed by atoms with Crippen LogP contribution in [0, 0.1) is 12.8 Å². The van der Waals surface area contributed by atoms with E-state index in [1.54, 1.807) is 11.8 Å². The predicted molar refractivity (Wildman–Crippen MR) is 121 cm³/mol. The Morgan fingerprint density at radius 1 is 1.07 bits per heavy atom. The molecule has 1 aromatic heterocycles. The van der Waals surface area contributed by atoms with Crippen molar-refractivity contribution in [1.29, 1.82) is 0 Å². The van der Waals surface area contributed by atoms with Gasteiger partial charge in [-0.25, -0.2) is 0 Å². The SMILES string of the molecule is Cc1ccc(Sc2ccc(N3CCCC(C(=O)NCc4ccccc4)C3)nn2)cc1. The van der Waals surface area contributed by atoms with E-state index in [2.05, 4.69) is 51.6 Å². The summed E-state index contributed by atoms with van der Waals surface area (Å²) in [4.78, 5) is 16.0. The molecule has 1 atom stereocenters. The fraction of sp³-hybridized carbons (Fsp3) is 0.292. The summed E-state index contributed by atoms with van der Waals surface area (Å²) in [6.45, 7) is 4.24. The first-order valence-corrected chi connectivity index (χ1v) is 11.1. The lowest BCUT2D eigenvalue weighted by atomic mass is 9.97. The smallest absolute Gasteiger partial charge is 0.225 e. The molecule has 5 nitrogen and oxygen atoms in total. The van der Waals surface area contributed by atoms with Crippen LogP contribution in [0.4, 0.5) is 5.82 Å². The molecule has 1 N–H and O–H groups in total. The van der Waals surface area contributed by atoms with E-state index < -0.39 is 0 Å². The zero-order valence-corrected chi connectivity index (χ0v) is 17.9. The third-order valence-corrected chi connectivity index (χ3v) is 6.23. The van der Waals surface area contributed by atoms with Crippen molar-refractivity contribution >= 4 is 23.5 Å². The van der Waals surface area contributed by atoms with Gasteiger partial charge in [0.15, 0.2) is 5.82 Å². The third kappa shape index (κ3) is 5.39. The standard InChI is InChI=1S/C24H26N4OS/c1-18-9-11-21(12-10-18)30-23-14-13-22(26-27-23)28-15-5-8-20(17-28)24(29)25-16-19-6-3-2-4-7-19/h2-4,6-7,9-14,20H,5,8,15-17H2,1H3,(H,25,29). The van der Waals surface area contributed by atoms with Crippen LogP contribution in [0.5, 0.6) is 0 Å². The summed E-state index contributed by atoms with van der Waals surface area (Å²) in [5.74, 6) is 0.928. The maximum Gasteiger partial charge on any atom is 0.225 e. The first-order chi connectivity index (χ1) is 14.7. The highest BCUT2D eigenvalue weighted by Gasteiger charge is 2.26. The largest absolute Gasteiger partial charge is 0.354 e. The van der Waals surface area contributed by atoms with E-state index in [1.165, 1.54) is 5.56 Å². The van der Waals surface area contributed by atoms with Gasteiger partial charge >= 0.3 is 0 Å². The van der Waals surface area contributed by atoms with E-state index in [1.807, 2.05) is 42.5 Å². The van der Waals surface area contributed by atoms with Gasteiger partial charge in [-0.2, -0.15) is 0 Å². The van der Waals surface area contributed by atoms with Crippen molar-refractivity contribution in [3.8, 4) is 0 Å². The fourth-order valence-corrected chi connectivity index (χ4v) is 4.32. The number of hydrogen-bond acceptors (Lipinski definition) is 5. The summed E-state index contributed by atoms with van der Waals surface area (Å²) >= 11 is 1.61. The van der Waals surface area contributed by atoms with Gasteiger partial charge < -0.3 is 10.2 Å². The Hall–Kier alpha value is -2.86. The molecule has 1 fully saturated rings. The number of amides is 1. The Morgan fingerprint density at radius 3 is 2.60 bits per heavy atom. The van der Waals surface area contributed by atoms with Crippen molar-refractivity contribution in [1.82, 2.24) is 15.5 Å². The molecule has 154 valence electrons. The molecule has 3 aromatic rings. The minimum atomic E-state index is -0.0223. The summed E-state index contributed by atoms with van der Waals surface area (Å²) in [5, 5.41) is 12.8. The minimum absolute atomic E-state index is 0.0223. The summed E-state index contributed by atoms with van der Waals surface area (Å²) in [6, 6.07) is 22.4.